The molecule has 0 aliphatic heterocycles. The number of alkyl halides is 6. The summed E-state index contributed by atoms with van der Waals surface area (Å²) in [6.45, 7) is -0.466. The van der Waals surface area contributed by atoms with Crippen LogP contribution in [0.4, 0.5) is 32.0 Å². The van der Waals surface area contributed by atoms with E-state index in [1.165, 1.54) is 6.07 Å². The maximum absolute atomic E-state index is 14.3. The second-order valence-electron chi connectivity index (χ2n) is 9.84. The van der Waals surface area contributed by atoms with Gasteiger partial charge in [0.1, 0.15) is 16.3 Å². The fraction of sp³-hybridized carbons (Fsp3) is 0.571. The number of nitrogens with one attached hydrogen (secondary N) is 2. The number of halogens is 6. The molecule has 2 bridgehead atoms. The van der Waals surface area contributed by atoms with Gasteiger partial charge in [-0.1, -0.05) is 0 Å². The van der Waals surface area contributed by atoms with Crippen LogP contribution in [0.2, 0.25) is 0 Å². The molecular formula is C21H21F6N5O2S. The SMILES string of the molecule is CS(=N)(=O)c1cc(NC(=O)c2c(C(F)(F)F)c(C34CC(C3)C4)nn2C[C@@H]2C[C@H]2C(F)(F)F)ccn1. The lowest BCUT2D eigenvalue weighted by atomic mass is 9.43. The van der Waals surface area contributed by atoms with Crippen molar-refractivity contribution in [2.45, 2.75) is 55.0 Å². The van der Waals surface area contributed by atoms with Crippen molar-refractivity contribution in [2.75, 3.05) is 11.6 Å². The quantitative estimate of drug-likeness (QED) is 0.532. The molecule has 0 radical (unpaired) electrons. The molecule has 2 heterocycles. The van der Waals surface area contributed by atoms with E-state index < -0.39 is 63.0 Å². The number of hydrogen-bond donors (Lipinski definition) is 2. The van der Waals surface area contributed by atoms with E-state index in [1.807, 2.05) is 0 Å². The average Bonchev–Trinajstić information content (AvgIpc) is 3.31. The third-order valence-electron chi connectivity index (χ3n) is 7.13. The third kappa shape index (κ3) is 4.19. The van der Waals surface area contributed by atoms with Crippen molar-refractivity contribution in [3.63, 3.8) is 0 Å². The van der Waals surface area contributed by atoms with Crippen LogP contribution in [0.3, 0.4) is 0 Å². The normalized spacial score (nSPS) is 29.1. The summed E-state index contributed by atoms with van der Waals surface area (Å²) in [6.07, 6.45) is -5.90. The maximum atomic E-state index is 14.3. The minimum atomic E-state index is -4.95. The summed E-state index contributed by atoms with van der Waals surface area (Å²) >= 11 is 0. The molecule has 190 valence electrons. The van der Waals surface area contributed by atoms with Gasteiger partial charge in [-0.25, -0.2) is 14.0 Å². The third-order valence-corrected chi connectivity index (χ3v) is 8.16. The van der Waals surface area contributed by atoms with E-state index in [0.29, 0.717) is 25.2 Å². The molecule has 35 heavy (non-hydrogen) atoms. The van der Waals surface area contributed by atoms with Crippen LogP contribution >= 0.6 is 0 Å². The van der Waals surface area contributed by atoms with Gasteiger partial charge in [0, 0.05) is 30.1 Å². The van der Waals surface area contributed by atoms with E-state index in [0.717, 1.165) is 23.2 Å². The van der Waals surface area contributed by atoms with Gasteiger partial charge in [-0.2, -0.15) is 31.4 Å². The topological polar surface area (TPSA) is 101 Å². The number of aromatic nitrogens is 3. The predicted molar refractivity (Wildman–Crippen MR) is 111 cm³/mol. The minimum absolute atomic E-state index is 0.0469. The number of hydrogen-bond acceptors (Lipinski definition) is 5. The lowest BCUT2D eigenvalue weighted by Crippen LogP contribution is -2.56. The number of pyridine rings is 1. The molecule has 1 unspecified atom stereocenters. The van der Waals surface area contributed by atoms with E-state index in [9.17, 15) is 35.3 Å². The Balaban J connectivity index is 1.55. The molecule has 4 aliphatic carbocycles. The molecule has 0 saturated heterocycles. The maximum Gasteiger partial charge on any atom is 0.420 e. The number of amides is 1. The molecule has 4 aliphatic rings. The number of carbonyl (C=O) groups is 1. The summed E-state index contributed by atoms with van der Waals surface area (Å²) < 4.78 is 102. The Kier molecular flexibility index (Phi) is 5.11. The first-order valence-corrected chi connectivity index (χ1v) is 12.8. The fourth-order valence-corrected chi connectivity index (χ4v) is 5.81. The van der Waals surface area contributed by atoms with E-state index in [1.54, 1.807) is 0 Å². The highest BCUT2D eigenvalue weighted by molar-refractivity contribution is 7.91. The molecule has 0 aromatic carbocycles. The zero-order valence-corrected chi connectivity index (χ0v) is 19.2. The van der Waals surface area contributed by atoms with Crippen LogP contribution in [0, 0.1) is 22.5 Å². The van der Waals surface area contributed by atoms with Crippen molar-refractivity contribution in [2.24, 2.45) is 17.8 Å². The van der Waals surface area contributed by atoms with Crippen molar-refractivity contribution in [3.8, 4) is 0 Å². The largest absolute Gasteiger partial charge is 0.420 e. The predicted octanol–water partition coefficient (Wildman–Crippen LogP) is 4.83. The fourth-order valence-electron chi connectivity index (χ4n) is 5.20. The van der Waals surface area contributed by atoms with Gasteiger partial charge in [0.15, 0.2) is 0 Å². The van der Waals surface area contributed by atoms with Crippen LogP contribution in [0.1, 0.15) is 47.4 Å². The van der Waals surface area contributed by atoms with Gasteiger partial charge in [0.25, 0.3) is 5.91 Å². The molecule has 4 saturated carbocycles. The van der Waals surface area contributed by atoms with Crippen molar-refractivity contribution < 1.29 is 35.3 Å². The molecule has 2 N–H and O–H groups in total. The summed E-state index contributed by atoms with van der Waals surface area (Å²) in [7, 11) is -3.27. The lowest BCUT2D eigenvalue weighted by molar-refractivity contribution is -0.151. The summed E-state index contributed by atoms with van der Waals surface area (Å²) in [5, 5.41) is 6.23. The highest BCUT2D eigenvalue weighted by atomic mass is 32.2. The van der Waals surface area contributed by atoms with Crippen LogP contribution in [0.25, 0.3) is 0 Å². The van der Waals surface area contributed by atoms with Gasteiger partial charge in [0.2, 0.25) is 0 Å². The Bertz CT molecular complexity index is 1300. The van der Waals surface area contributed by atoms with Gasteiger partial charge >= 0.3 is 12.4 Å². The summed E-state index contributed by atoms with van der Waals surface area (Å²) in [5.41, 5.74) is -3.18. The Morgan fingerprint density at radius 3 is 2.40 bits per heavy atom. The van der Waals surface area contributed by atoms with Crippen LogP contribution in [-0.2, 0) is 27.9 Å². The van der Waals surface area contributed by atoms with Crippen LogP contribution < -0.4 is 5.32 Å². The monoisotopic (exact) mass is 521 g/mol. The molecule has 6 rings (SSSR count). The van der Waals surface area contributed by atoms with Gasteiger partial charge in [0.05, 0.1) is 21.3 Å². The number of carbonyl (C=O) groups excluding carboxylic acids is 1. The van der Waals surface area contributed by atoms with Gasteiger partial charge < -0.3 is 5.32 Å². The molecule has 14 heteroatoms. The number of rotatable bonds is 6. The van der Waals surface area contributed by atoms with Crippen molar-refractivity contribution in [3.05, 3.63) is 35.3 Å². The number of nitrogens with zero attached hydrogens (tertiary/aromatic N) is 3. The average molecular weight is 521 g/mol. The minimum Gasteiger partial charge on any atom is -0.320 e. The molecule has 0 spiro atoms. The summed E-state index contributed by atoms with van der Waals surface area (Å²) in [6, 6.07) is 2.37. The highest BCUT2D eigenvalue weighted by Crippen LogP contribution is 2.66. The second kappa shape index (κ2) is 7.43. The van der Waals surface area contributed by atoms with E-state index >= 15 is 0 Å². The van der Waals surface area contributed by atoms with E-state index in [-0.39, 0.29) is 22.8 Å². The smallest absolute Gasteiger partial charge is 0.320 e. The molecule has 3 atom stereocenters. The Morgan fingerprint density at radius 1 is 1.26 bits per heavy atom. The second-order valence-corrected chi connectivity index (χ2v) is 11.9. The van der Waals surface area contributed by atoms with Crippen LogP contribution in [-0.4, -0.2) is 37.3 Å². The van der Waals surface area contributed by atoms with Crippen molar-refractivity contribution >= 4 is 21.3 Å². The van der Waals surface area contributed by atoms with Crippen LogP contribution in [0.15, 0.2) is 23.4 Å². The summed E-state index contributed by atoms with van der Waals surface area (Å²) in [4.78, 5) is 17.0. The van der Waals surface area contributed by atoms with Crippen molar-refractivity contribution in [1.82, 2.24) is 14.8 Å². The van der Waals surface area contributed by atoms with Gasteiger partial charge in [-0.3, -0.25) is 9.48 Å². The zero-order valence-electron chi connectivity index (χ0n) is 18.3. The Hall–Kier alpha value is -2.64. The van der Waals surface area contributed by atoms with Gasteiger partial charge in [-0.05, 0) is 49.7 Å². The highest BCUT2D eigenvalue weighted by Gasteiger charge is 2.63. The van der Waals surface area contributed by atoms with Gasteiger partial charge in [-0.15, -0.1) is 0 Å². The molecular weight excluding hydrogens is 500 g/mol. The first kappa shape index (κ1) is 24.1. The number of anilines is 1. The Morgan fingerprint density at radius 2 is 1.91 bits per heavy atom. The molecule has 2 aromatic heterocycles. The first-order valence-electron chi connectivity index (χ1n) is 10.8. The first-order chi connectivity index (χ1) is 16.1. The summed E-state index contributed by atoms with van der Waals surface area (Å²) in [5.74, 6) is -3.51. The molecule has 4 fully saturated rings. The zero-order chi connectivity index (χ0) is 25.6. The van der Waals surface area contributed by atoms with Crippen LogP contribution in [0.5, 0.6) is 0 Å². The van der Waals surface area contributed by atoms with E-state index in [4.69, 9.17) is 4.78 Å². The Labute approximate surface area is 196 Å². The molecule has 7 nitrogen and oxygen atoms in total. The van der Waals surface area contributed by atoms with Crippen molar-refractivity contribution in [1.29, 1.82) is 4.78 Å². The standard InChI is InChI=1S/C21H21F6N5O2S/c1-35(28,34)14-5-12(2-3-29-14)30-18(33)16-15(21(25,26)27)17(19-6-10(7-19)8-19)31-32(16)9-11-4-13(11)20(22,23)24/h2-3,5,10-11,13,28H,4,6-9H2,1H3,(H,29,30,33)/t10?,11-,13+,19?,35?/m0/s1. The van der Waals surface area contributed by atoms with E-state index in [2.05, 4.69) is 15.4 Å². The lowest BCUT2D eigenvalue weighted by Gasteiger charge is -2.61. The molecule has 1 amide bonds. The molecule has 2 aromatic rings.